The first-order chi connectivity index (χ1) is 11.8. The molecular weight excluding hydrogens is 320 g/mol. The Morgan fingerprint density at radius 1 is 1.20 bits per heavy atom. The van der Waals surface area contributed by atoms with Crippen molar-refractivity contribution in [3.05, 3.63) is 29.8 Å². The fourth-order valence-corrected chi connectivity index (χ4v) is 2.96. The van der Waals surface area contributed by atoms with Crippen molar-refractivity contribution in [1.29, 1.82) is 0 Å². The molecule has 6 heteroatoms. The Morgan fingerprint density at radius 3 is 2.40 bits per heavy atom. The Kier molecular flexibility index (Phi) is 5.82. The molecule has 1 aromatic carbocycles. The third-order valence-corrected chi connectivity index (χ3v) is 4.61. The van der Waals surface area contributed by atoms with Gasteiger partial charge in [0.2, 0.25) is 11.8 Å². The van der Waals surface area contributed by atoms with E-state index in [0.717, 1.165) is 12.8 Å². The van der Waals surface area contributed by atoms with Gasteiger partial charge in [-0.15, -0.1) is 0 Å². The Morgan fingerprint density at radius 2 is 1.84 bits per heavy atom. The lowest BCUT2D eigenvalue weighted by atomic mass is 9.88. The molecule has 0 aliphatic carbocycles. The van der Waals surface area contributed by atoms with Crippen LogP contribution < -0.4 is 5.32 Å². The number of esters is 1. The number of nitrogens with one attached hydrogen (secondary N) is 1. The molecule has 136 valence electrons. The minimum Gasteiger partial charge on any atom is -0.465 e. The number of hydrogen-bond acceptors (Lipinski definition) is 4. The van der Waals surface area contributed by atoms with E-state index >= 15 is 0 Å². The van der Waals surface area contributed by atoms with Crippen LogP contribution >= 0.6 is 0 Å². The number of methoxy groups -OCH3 is 1. The molecule has 1 saturated heterocycles. The van der Waals surface area contributed by atoms with E-state index in [2.05, 4.69) is 17.0 Å². The van der Waals surface area contributed by atoms with Crippen molar-refractivity contribution in [2.45, 2.75) is 33.6 Å². The van der Waals surface area contributed by atoms with Gasteiger partial charge in [0.1, 0.15) is 5.41 Å². The standard InChI is InChI=1S/C19H26N2O4/c1-13-6-5-11-21(12-13)18(24)19(2,3)17(23)20-15-9-7-14(8-10-15)16(22)25-4/h7-10,13H,5-6,11-12H2,1-4H3,(H,20,23). The van der Waals surface area contributed by atoms with Crippen LogP contribution in [0.15, 0.2) is 24.3 Å². The molecule has 0 bridgehead atoms. The maximum atomic E-state index is 12.8. The number of nitrogens with zero attached hydrogens (tertiary/aromatic N) is 1. The first kappa shape index (κ1) is 19.0. The van der Waals surface area contributed by atoms with Crippen molar-refractivity contribution >= 4 is 23.5 Å². The largest absolute Gasteiger partial charge is 0.465 e. The Balaban J connectivity index is 2.05. The van der Waals surface area contributed by atoms with Gasteiger partial charge in [-0.3, -0.25) is 9.59 Å². The van der Waals surface area contributed by atoms with Gasteiger partial charge in [-0.1, -0.05) is 6.92 Å². The average molecular weight is 346 g/mol. The number of ether oxygens (including phenoxy) is 1. The lowest BCUT2D eigenvalue weighted by molar-refractivity contribution is -0.147. The van der Waals surface area contributed by atoms with Crippen LogP contribution in [0, 0.1) is 11.3 Å². The third kappa shape index (κ3) is 4.38. The molecule has 2 amide bonds. The molecule has 1 N–H and O–H groups in total. The predicted octanol–water partition coefficient (Wildman–Crippen LogP) is 2.70. The second-order valence-corrected chi connectivity index (χ2v) is 7.15. The van der Waals surface area contributed by atoms with Crippen molar-refractivity contribution < 1.29 is 19.1 Å². The van der Waals surface area contributed by atoms with E-state index in [1.807, 2.05) is 0 Å². The van der Waals surface area contributed by atoms with Crippen LogP contribution in [0.4, 0.5) is 5.69 Å². The zero-order chi connectivity index (χ0) is 18.6. The Hall–Kier alpha value is -2.37. The van der Waals surface area contributed by atoms with Crippen LogP contribution in [0.3, 0.4) is 0 Å². The summed E-state index contributed by atoms with van der Waals surface area (Å²) in [4.78, 5) is 38.6. The van der Waals surface area contributed by atoms with Gasteiger partial charge in [-0.25, -0.2) is 4.79 Å². The van der Waals surface area contributed by atoms with E-state index in [1.165, 1.54) is 7.11 Å². The van der Waals surface area contributed by atoms with Crippen LogP contribution in [-0.2, 0) is 14.3 Å². The fraction of sp³-hybridized carbons (Fsp3) is 0.526. The van der Waals surface area contributed by atoms with Gasteiger partial charge in [0, 0.05) is 18.8 Å². The summed E-state index contributed by atoms with van der Waals surface area (Å²) in [6, 6.07) is 6.38. The summed E-state index contributed by atoms with van der Waals surface area (Å²) in [6.45, 7) is 6.81. The lowest BCUT2D eigenvalue weighted by Gasteiger charge is -2.36. The number of piperidine rings is 1. The van der Waals surface area contributed by atoms with Crippen molar-refractivity contribution in [3.63, 3.8) is 0 Å². The molecule has 1 fully saturated rings. The van der Waals surface area contributed by atoms with Crippen LogP contribution in [0.5, 0.6) is 0 Å². The summed E-state index contributed by atoms with van der Waals surface area (Å²) in [6.07, 6.45) is 2.09. The quantitative estimate of drug-likeness (QED) is 0.672. The molecule has 0 saturated carbocycles. The predicted molar refractivity (Wildman–Crippen MR) is 95.2 cm³/mol. The third-order valence-electron chi connectivity index (χ3n) is 4.61. The molecule has 1 aromatic rings. The second kappa shape index (κ2) is 7.68. The summed E-state index contributed by atoms with van der Waals surface area (Å²) >= 11 is 0. The Labute approximate surface area is 148 Å². The highest BCUT2D eigenvalue weighted by atomic mass is 16.5. The van der Waals surface area contributed by atoms with E-state index in [-0.39, 0.29) is 11.8 Å². The number of rotatable bonds is 4. The van der Waals surface area contributed by atoms with Gasteiger partial charge in [-0.2, -0.15) is 0 Å². The van der Waals surface area contributed by atoms with Gasteiger partial charge in [0.05, 0.1) is 12.7 Å². The van der Waals surface area contributed by atoms with Gasteiger partial charge >= 0.3 is 5.97 Å². The summed E-state index contributed by atoms with van der Waals surface area (Å²) in [5.41, 5.74) is -0.221. The van der Waals surface area contributed by atoms with Crippen LogP contribution in [-0.4, -0.2) is 42.9 Å². The second-order valence-electron chi connectivity index (χ2n) is 7.15. The maximum absolute atomic E-state index is 12.8. The van der Waals surface area contributed by atoms with Gasteiger partial charge < -0.3 is 15.0 Å². The van der Waals surface area contributed by atoms with E-state index in [1.54, 1.807) is 43.0 Å². The Bertz CT molecular complexity index is 652. The molecular formula is C19H26N2O4. The van der Waals surface area contributed by atoms with Crippen LogP contribution in [0.2, 0.25) is 0 Å². The first-order valence-electron chi connectivity index (χ1n) is 8.55. The minimum atomic E-state index is -1.15. The monoisotopic (exact) mass is 346 g/mol. The SMILES string of the molecule is COC(=O)c1ccc(NC(=O)C(C)(C)C(=O)N2CCCC(C)C2)cc1. The zero-order valence-corrected chi connectivity index (χ0v) is 15.3. The van der Waals surface area contributed by atoms with Crippen LogP contribution in [0.25, 0.3) is 0 Å². The fourth-order valence-electron chi connectivity index (χ4n) is 2.96. The maximum Gasteiger partial charge on any atom is 0.337 e. The van der Waals surface area contributed by atoms with Gasteiger partial charge in [-0.05, 0) is 56.9 Å². The number of anilines is 1. The normalized spacial score (nSPS) is 17.8. The van der Waals surface area contributed by atoms with Crippen molar-refractivity contribution in [2.75, 3.05) is 25.5 Å². The molecule has 1 aliphatic rings. The topological polar surface area (TPSA) is 75.7 Å². The lowest BCUT2D eigenvalue weighted by Crippen LogP contribution is -2.50. The molecule has 6 nitrogen and oxygen atoms in total. The minimum absolute atomic E-state index is 0.150. The summed E-state index contributed by atoms with van der Waals surface area (Å²) in [5, 5.41) is 2.76. The van der Waals surface area contributed by atoms with Crippen molar-refractivity contribution in [1.82, 2.24) is 4.90 Å². The highest BCUT2D eigenvalue weighted by Crippen LogP contribution is 2.25. The van der Waals surface area contributed by atoms with Gasteiger partial charge in [0.15, 0.2) is 0 Å². The molecule has 0 spiro atoms. The molecule has 1 unspecified atom stereocenters. The van der Waals surface area contributed by atoms with Crippen LogP contribution in [0.1, 0.15) is 44.0 Å². The van der Waals surface area contributed by atoms with E-state index < -0.39 is 11.4 Å². The number of amides is 2. The first-order valence-corrected chi connectivity index (χ1v) is 8.55. The van der Waals surface area contributed by atoms with E-state index in [0.29, 0.717) is 30.3 Å². The summed E-state index contributed by atoms with van der Waals surface area (Å²) in [5.74, 6) is -0.487. The number of benzene rings is 1. The number of carbonyl (C=O) groups excluding carboxylic acids is 3. The van der Waals surface area contributed by atoms with E-state index in [9.17, 15) is 14.4 Å². The van der Waals surface area contributed by atoms with E-state index in [4.69, 9.17) is 0 Å². The zero-order valence-electron chi connectivity index (χ0n) is 15.3. The smallest absolute Gasteiger partial charge is 0.337 e. The highest BCUT2D eigenvalue weighted by Gasteiger charge is 2.40. The molecule has 1 aliphatic heterocycles. The molecule has 0 aromatic heterocycles. The average Bonchev–Trinajstić information content (AvgIpc) is 2.60. The molecule has 25 heavy (non-hydrogen) atoms. The number of hydrogen-bond donors (Lipinski definition) is 1. The highest BCUT2D eigenvalue weighted by molar-refractivity contribution is 6.10. The van der Waals surface area contributed by atoms with Crippen molar-refractivity contribution in [3.8, 4) is 0 Å². The molecule has 2 rings (SSSR count). The molecule has 1 atom stereocenters. The number of carbonyl (C=O) groups is 3. The van der Waals surface area contributed by atoms with Gasteiger partial charge in [0.25, 0.3) is 0 Å². The molecule has 0 radical (unpaired) electrons. The summed E-state index contributed by atoms with van der Waals surface area (Å²) in [7, 11) is 1.31. The number of likely N-dealkylation sites (tertiary alicyclic amines) is 1. The van der Waals surface area contributed by atoms with Crippen molar-refractivity contribution in [2.24, 2.45) is 11.3 Å². The molecule has 1 heterocycles. The summed E-state index contributed by atoms with van der Waals surface area (Å²) < 4.78 is 4.64.